The molecule has 44 heavy (non-hydrogen) atoms. The number of carbonyl (C=O) groups is 1. The monoisotopic (exact) mass is 593 g/mol. The zero-order valence-corrected chi connectivity index (χ0v) is 25.2. The van der Waals surface area contributed by atoms with Gasteiger partial charge in [0, 0.05) is 48.8 Å². The first kappa shape index (κ1) is 29.4. The fourth-order valence-electron chi connectivity index (χ4n) is 5.86. The maximum absolute atomic E-state index is 13.3. The molecule has 1 fully saturated rings. The molecule has 1 saturated carbocycles. The largest absolute Gasteiger partial charge is 0.381 e. The molecule has 9 nitrogen and oxygen atoms in total. The van der Waals surface area contributed by atoms with E-state index in [-0.39, 0.29) is 24.5 Å². The van der Waals surface area contributed by atoms with E-state index in [0.29, 0.717) is 18.4 Å². The number of fused-ring (bicyclic) bond motifs is 2. The Balaban J connectivity index is 1.31. The van der Waals surface area contributed by atoms with Crippen LogP contribution in [-0.4, -0.2) is 49.6 Å². The van der Waals surface area contributed by atoms with Gasteiger partial charge in [-0.25, -0.2) is 4.39 Å². The van der Waals surface area contributed by atoms with Gasteiger partial charge in [-0.2, -0.15) is 19.6 Å². The minimum atomic E-state index is -0.931. The number of methoxy groups -OCH3 is 1. The summed E-state index contributed by atoms with van der Waals surface area (Å²) in [5, 5.41) is 13.5. The lowest BCUT2D eigenvalue weighted by atomic mass is 9.97. The van der Waals surface area contributed by atoms with Crippen molar-refractivity contribution >= 4 is 34.1 Å². The lowest BCUT2D eigenvalue weighted by molar-refractivity contribution is -0.116. The zero-order chi connectivity index (χ0) is 30.8. The average Bonchev–Trinajstić information content (AvgIpc) is 3.67. The molecule has 0 aliphatic heterocycles. The topological polar surface area (TPSA) is 106 Å². The Morgan fingerprint density at radius 3 is 2.77 bits per heavy atom. The van der Waals surface area contributed by atoms with E-state index < -0.39 is 11.6 Å². The lowest BCUT2D eigenvalue weighted by Gasteiger charge is -2.16. The highest BCUT2D eigenvalue weighted by Gasteiger charge is 2.26. The van der Waals surface area contributed by atoms with Gasteiger partial charge in [0.2, 0.25) is 11.9 Å². The predicted octanol–water partition coefficient (Wildman–Crippen LogP) is 6.65. The fraction of sp³-hybridized carbons (Fsp3) is 0.324. The van der Waals surface area contributed by atoms with E-state index in [9.17, 15) is 9.18 Å². The Labute approximate surface area is 255 Å². The first-order chi connectivity index (χ1) is 21.3. The molecule has 0 spiro atoms. The number of carbonyl (C=O) groups excluding carboxylic acids is 1. The van der Waals surface area contributed by atoms with Crippen LogP contribution in [-0.2, 0) is 22.5 Å². The molecular formula is C34H36FN7O2. The molecule has 2 atom stereocenters. The second-order valence-corrected chi connectivity index (χ2v) is 11.6. The molecule has 6 rings (SSSR count). The summed E-state index contributed by atoms with van der Waals surface area (Å²) in [5.74, 6) is -0.138. The van der Waals surface area contributed by atoms with E-state index in [1.165, 1.54) is 0 Å². The van der Waals surface area contributed by atoms with Crippen LogP contribution in [0.5, 0.6) is 0 Å². The summed E-state index contributed by atoms with van der Waals surface area (Å²) in [4.78, 5) is 26.4. The molecule has 0 radical (unpaired) electrons. The van der Waals surface area contributed by atoms with Crippen molar-refractivity contribution < 1.29 is 13.9 Å². The highest BCUT2D eigenvalue weighted by molar-refractivity contribution is 5.98. The van der Waals surface area contributed by atoms with Gasteiger partial charge in [-0.05, 0) is 47.8 Å². The summed E-state index contributed by atoms with van der Waals surface area (Å²) in [6, 6.07) is 15.9. The molecule has 0 bridgehead atoms. The van der Waals surface area contributed by atoms with Crippen LogP contribution in [0.25, 0.3) is 27.7 Å². The highest BCUT2D eigenvalue weighted by atomic mass is 19.1. The Hall–Kier alpha value is -4.70. The smallest absolute Gasteiger partial charge is 0.229 e. The number of hydrogen-bond donors (Lipinski definition) is 2. The number of aromatic nitrogens is 5. The van der Waals surface area contributed by atoms with Crippen LogP contribution in [0.3, 0.4) is 0 Å². The number of pyridine rings is 1. The summed E-state index contributed by atoms with van der Waals surface area (Å²) in [6.07, 6.45) is 6.75. The number of Topliss-reactive ketones (excluding diaryl/α,β-unsaturated/α-hetero) is 1. The van der Waals surface area contributed by atoms with Crippen LogP contribution in [0.1, 0.15) is 55.7 Å². The van der Waals surface area contributed by atoms with Crippen LogP contribution in [0.15, 0.2) is 73.3 Å². The molecule has 0 amide bonds. The number of halogens is 1. The van der Waals surface area contributed by atoms with Crippen LogP contribution in [0.2, 0.25) is 0 Å². The van der Waals surface area contributed by atoms with E-state index in [4.69, 9.17) is 19.7 Å². The predicted molar refractivity (Wildman–Crippen MR) is 170 cm³/mol. The van der Waals surface area contributed by atoms with Crippen LogP contribution in [0, 0.1) is 0 Å². The minimum Gasteiger partial charge on any atom is -0.381 e. The molecule has 1 aliphatic rings. The highest BCUT2D eigenvalue weighted by Crippen LogP contribution is 2.31. The van der Waals surface area contributed by atoms with Gasteiger partial charge in [0.15, 0.2) is 17.3 Å². The number of rotatable bonds is 11. The molecule has 3 heterocycles. The van der Waals surface area contributed by atoms with Crippen LogP contribution < -0.4 is 10.6 Å². The number of nitrogens with one attached hydrogen (secondary N) is 2. The number of ether oxygens (including phenoxy) is 1. The zero-order valence-electron chi connectivity index (χ0n) is 25.2. The van der Waals surface area contributed by atoms with Crippen molar-refractivity contribution in [1.82, 2.24) is 24.6 Å². The lowest BCUT2D eigenvalue weighted by Crippen LogP contribution is -2.20. The maximum Gasteiger partial charge on any atom is 0.229 e. The van der Waals surface area contributed by atoms with Crippen molar-refractivity contribution in [3.63, 3.8) is 0 Å². The average molecular weight is 594 g/mol. The Morgan fingerprint density at radius 1 is 1.16 bits per heavy atom. The maximum atomic E-state index is 13.3. The molecule has 1 aliphatic carbocycles. The summed E-state index contributed by atoms with van der Waals surface area (Å²) in [6.45, 7) is 7.85. The molecule has 10 heteroatoms. The number of anilines is 2. The molecule has 2 N–H and O–H groups in total. The van der Waals surface area contributed by atoms with Crippen molar-refractivity contribution in [2.45, 2.75) is 64.1 Å². The van der Waals surface area contributed by atoms with Gasteiger partial charge in [-0.1, -0.05) is 62.9 Å². The molecule has 2 unspecified atom stereocenters. The van der Waals surface area contributed by atoms with E-state index in [1.54, 1.807) is 17.8 Å². The normalized spacial score (nSPS) is 16.6. The second kappa shape index (κ2) is 12.5. The summed E-state index contributed by atoms with van der Waals surface area (Å²) >= 11 is 0. The minimum absolute atomic E-state index is 0.0344. The summed E-state index contributed by atoms with van der Waals surface area (Å²) < 4.78 is 20.6. The van der Waals surface area contributed by atoms with Gasteiger partial charge in [0.25, 0.3) is 0 Å². The molecule has 5 aromatic rings. The Bertz CT molecular complexity index is 1850. The van der Waals surface area contributed by atoms with Gasteiger partial charge in [0.05, 0.1) is 18.0 Å². The third-order valence-electron chi connectivity index (χ3n) is 8.27. The SMILES string of the molecule is C=C(F)C(=O)Cc1ccc2c(-c3ccccc3CNc3nc(NC4CCC(OC)C4)nc4c(C(C)C)cnn34)nccc2c1. The second-order valence-electron chi connectivity index (χ2n) is 11.6. The van der Waals surface area contributed by atoms with Gasteiger partial charge in [-0.15, -0.1) is 0 Å². The standard InChI is InChI=1S/C34H36FN7O2/c1-20(2)29-19-38-42-32(29)40-33(39-25-10-11-26(17-25)44-4)41-34(42)37-18-24-7-5-6-8-27(24)31-28-12-9-22(16-30(43)21(3)35)15-23(28)13-14-36-31/h5-9,12-15,19-20,25-26H,3,10-11,16-18H2,1-2,4H3,(H2,37,39,40,41). The van der Waals surface area contributed by atoms with E-state index >= 15 is 0 Å². The molecule has 226 valence electrons. The first-order valence-corrected chi connectivity index (χ1v) is 14.9. The number of nitrogens with zero attached hydrogens (tertiary/aromatic N) is 5. The molecule has 0 saturated heterocycles. The Morgan fingerprint density at radius 2 is 2.00 bits per heavy atom. The van der Waals surface area contributed by atoms with Crippen LogP contribution >= 0.6 is 0 Å². The van der Waals surface area contributed by atoms with Crippen molar-refractivity contribution in [3.05, 3.63) is 90.0 Å². The molecular weight excluding hydrogens is 557 g/mol. The number of benzene rings is 2. The van der Waals surface area contributed by atoms with E-state index in [0.717, 1.165) is 63.6 Å². The van der Waals surface area contributed by atoms with Gasteiger partial charge in [-0.3, -0.25) is 9.78 Å². The molecule has 3 aromatic heterocycles. The third kappa shape index (κ3) is 6.03. The first-order valence-electron chi connectivity index (χ1n) is 14.9. The van der Waals surface area contributed by atoms with Crippen molar-refractivity contribution in [2.24, 2.45) is 0 Å². The summed E-state index contributed by atoms with van der Waals surface area (Å²) in [7, 11) is 1.76. The number of hydrogen-bond acceptors (Lipinski definition) is 8. The van der Waals surface area contributed by atoms with Gasteiger partial charge >= 0.3 is 0 Å². The molecule has 2 aromatic carbocycles. The number of allylic oxidation sites excluding steroid dienone is 1. The number of ketones is 1. The summed E-state index contributed by atoms with van der Waals surface area (Å²) in [5.41, 5.74) is 5.36. The Kier molecular flexibility index (Phi) is 8.34. The van der Waals surface area contributed by atoms with Crippen molar-refractivity contribution in [1.29, 1.82) is 0 Å². The fourth-order valence-corrected chi connectivity index (χ4v) is 5.86. The quantitative estimate of drug-likeness (QED) is 0.164. The van der Waals surface area contributed by atoms with Crippen molar-refractivity contribution in [3.8, 4) is 11.3 Å². The van der Waals surface area contributed by atoms with E-state index in [2.05, 4.69) is 42.2 Å². The van der Waals surface area contributed by atoms with Gasteiger partial charge < -0.3 is 15.4 Å². The van der Waals surface area contributed by atoms with Gasteiger partial charge in [0.1, 0.15) is 0 Å². The third-order valence-corrected chi connectivity index (χ3v) is 8.27. The van der Waals surface area contributed by atoms with Crippen molar-refractivity contribution in [2.75, 3.05) is 17.7 Å². The van der Waals surface area contributed by atoms with Crippen LogP contribution in [0.4, 0.5) is 16.3 Å². The van der Waals surface area contributed by atoms with E-state index in [1.807, 2.05) is 48.7 Å².